The molecule has 3 N–H and O–H groups in total. The molecule has 1 aliphatic rings. The second-order valence-electron chi connectivity index (χ2n) is 4.79. The molecule has 2 rings (SSSR count). The quantitative estimate of drug-likeness (QED) is 0.836. The number of methoxy groups -OCH3 is 1. The Morgan fingerprint density at radius 2 is 2.29 bits per heavy atom. The van der Waals surface area contributed by atoms with Crippen LogP contribution in [0.1, 0.15) is 23.5 Å². The molecule has 1 saturated heterocycles. The first-order chi connectivity index (χ1) is 8.27. The van der Waals surface area contributed by atoms with Crippen molar-refractivity contribution in [2.75, 3.05) is 26.7 Å². The Hall–Kier alpha value is -1.06. The van der Waals surface area contributed by atoms with Crippen LogP contribution in [0, 0.1) is 12.8 Å². The summed E-state index contributed by atoms with van der Waals surface area (Å²) in [5.74, 6) is 2.08. The van der Waals surface area contributed by atoms with Crippen LogP contribution in [0.4, 0.5) is 0 Å². The molecule has 0 saturated carbocycles. The number of nitrogens with one attached hydrogen (secondary N) is 1. The van der Waals surface area contributed by atoms with E-state index in [1.807, 2.05) is 0 Å². The maximum Gasteiger partial charge on any atom is 0.125 e. The molecule has 1 aliphatic heterocycles. The summed E-state index contributed by atoms with van der Waals surface area (Å²) in [7, 11) is 1.75. The third-order valence-corrected chi connectivity index (χ3v) is 3.76. The van der Waals surface area contributed by atoms with Crippen molar-refractivity contribution in [3.8, 4) is 5.75 Å². The highest BCUT2D eigenvalue weighted by Crippen LogP contribution is 2.37. The Morgan fingerprint density at radius 1 is 1.47 bits per heavy atom. The minimum absolute atomic E-state index is 0.513. The van der Waals surface area contributed by atoms with Gasteiger partial charge in [0.25, 0.3) is 0 Å². The number of piperidine rings is 1. The maximum atomic E-state index is 5.88. The van der Waals surface area contributed by atoms with Crippen molar-refractivity contribution >= 4 is 0 Å². The summed E-state index contributed by atoms with van der Waals surface area (Å²) in [5.41, 5.74) is 8.41. The van der Waals surface area contributed by atoms with Crippen molar-refractivity contribution in [2.45, 2.75) is 19.3 Å². The molecule has 3 heteroatoms. The first-order valence-electron chi connectivity index (χ1n) is 6.32. The summed E-state index contributed by atoms with van der Waals surface area (Å²) < 4.78 is 5.56. The minimum Gasteiger partial charge on any atom is -0.496 e. The van der Waals surface area contributed by atoms with Gasteiger partial charge in [-0.2, -0.15) is 0 Å². The van der Waals surface area contributed by atoms with E-state index in [4.69, 9.17) is 10.5 Å². The molecule has 0 amide bonds. The van der Waals surface area contributed by atoms with Crippen LogP contribution in [0.5, 0.6) is 5.75 Å². The Morgan fingerprint density at radius 3 is 3.00 bits per heavy atom. The van der Waals surface area contributed by atoms with Crippen LogP contribution in [0.25, 0.3) is 0 Å². The second kappa shape index (κ2) is 5.52. The molecule has 2 unspecified atom stereocenters. The van der Waals surface area contributed by atoms with E-state index in [0.29, 0.717) is 11.8 Å². The highest BCUT2D eigenvalue weighted by atomic mass is 16.5. The summed E-state index contributed by atoms with van der Waals surface area (Å²) >= 11 is 0. The molecular weight excluding hydrogens is 212 g/mol. The molecule has 0 aromatic heterocycles. The number of rotatable bonds is 3. The molecule has 1 heterocycles. The molecule has 3 nitrogen and oxygen atoms in total. The summed E-state index contributed by atoms with van der Waals surface area (Å²) in [5, 5.41) is 3.42. The fourth-order valence-electron chi connectivity index (χ4n) is 2.83. The van der Waals surface area contributed by atoms with Crippen molar-refractivity contribution in [3.05, 3.63) is 29.3 Å². The van der Waals surface area contributed by atoms with Crippen LogP contribution in [0.2, 0.25) is 0 Å². The van der Waals surface area contributed by atoms with Crippen molar-refractivity contribution < 1.29 is 4.74 Å². The molecule has 94 valence electrons. The fraction of sp³-hybridized carbons (Fsp3) is 0.571. The summed E-state index contributed by atoms with van der Waals surface area (Å²) in [6.45, 7) is 4.91. The van der Waals surface area contributed by atoms with E-state index in [0.717, 1.165) is 31.8 Å². The van der Waals surface area contributed by atoms with Crippen LogP contribution in [-0.4, -0.2) is 26.7 Å². The lowest BCUT2D eigenvalue weighted by atomic mass is 9.80. The number of hydrogen-bond donors (Lipinski definition) is 2. The SMILES string of the molecule is COc1c(C)cccc1C1CCNCC1CN. The van der Waals surface area contributed by atoms with Gasteiger partial charge in [0.2, 0.25) is 0 Å². The van der Waals surface area contributed by atoms with Crippen LogP contribution in [0.3, 0.4) is 0 Å². The molecule has 1 aromatic carbocycles. The Balaban J connectivity index is 2.34. The number of ether oxygens (including phenoxy) is 1. The van der Waals surface area contributed by atoms with Crippen molar-refractivity contribution in [3.63, 3.8) is 0 Å². The van der Waals surface area contributed by atoms with Gasteiger partial charge < -0.3 is 15.8 Å². The molecule has 1 fully saturated rings. The van der Waals surface area contributed by atoms with E-state index in [1.54, 1.807) is 7.11 Å². The Kier molecular flexibility index (Phi) is 4.02. The van der Waals surface area contributed by atoms with Gasteiger partial charge in [0.1, 0.15) is 5.75 Å². The van der Waals surface area contributed by atoms with Gasteiger partial charge in [-0.05, 0) is 55.9 Å². The lowest BCUT2D eigenvalue weighted by Gasteiger charge is -2.32. The van der Waals surface area contributed by atoms with Gasteiger partial charge in [-0.1, -0.05) is 18.2 Å². The van der Waals surface area contributed by atoms with E-state index >= 15 is 0 Å². The number of nitrogens with two attached hydrogens (primary N) is 1. The van der Waals surface area contributed by atoms with Crippen LogP contribution >= 0.6 is 0 Å². The minimum atomic E-state index is 0.513. The normalized spacial score (nSPS) is 24.6. The monoisotopic (exact) mass is 234 g/mol. The van der Waals surface area contributed by atoms with Crippen LogP contribution in [-0.2, 0) is 0 Å². The predicted octanol–water partition coefficient (Wildman–Crippen LogP) is 1.66. The molecule has 0 spiro atoms. The predicted molar refractivity (Wildman–Crippen MR) is 70.5 cm³/mol. The average Bonchev–Trinajstić information content (AvgIpc) is 2.38. The van der Waals surface area contributed by atoms with Gasteiger partial charge >= 0.3 is 0 Å². The van der Waals surface area contributed by atoms with Crippen LogP contribution < -0.4 is 15.8 Å². The summed E-state index contributed by atoms with van der Waals surface area (Å²) in [4.78, 5) is 0. The smallest absolute Gasteiger partial charge is 0.125 e. The van der Waals surface area contributed by atoms with Gasteiger partial charge in [0, 0.05) is 0 Å². The molecule has 0 radical (unpaired) electrons. The first kappa shape index (κ1) is 12.4. The highest BCUT2D eigenvalue weighted by Gasteiger charge is 2.27. The average molecular weight is 234 g/mol. The lowest BCUT2D eigenvalue weighted by molar-refractivity contribution is 0.320. The number of benzene rings is 1. The topological polar surface area (TPSA) is 47.3 Å². The van der Waals surface area contributed by atoms with E-state index in [1.165, 1.54) is 11.1 Å². The molecular formula is C14H22N2O. The molecule has 0 bridgehead atoms. The highest BCUT2D eigenvalue weighted by molar-refractivity contribution is 5.43. The third kappa shape index (κ3) is 2.45. The zero-order valence-electron chi connectivity index (χ0n) is 10.7. The first-order valence-corrected chi connectivity index (χ1v) is 6.32. The summed E-state index contributed by atoms with van der Waals surface area (Å²) in [6, 6.07) is 6.40. The molecule has 17 heavy (non-hydrogen) atoms. The maximum absolute atomic E-state index is 5.88. The van der Waals surface area contributed by atoms with Gasteiger partial charge in [-0.25, -0.2) is 0 Å². The van der Waals surface area contributed by atoms with E-state index in [9.17, 15) is 0 Å². The van der Waals surface area contributed by atoms with Gasteiger partial charge in [0.05, 0.1) is 7.11 Å². The van der Waals surface area contributed by atoms with Gasteiger partial charge in [-0.15, -0.1) is 0 Å². The molecule has 1 aromatic rings. The number of aryl methyl sites for hydroxylation is 1. The van der Waals surface area contributed by atoms with Crippen molar-refractivity contribution in [1.82, 2.24) is 5.32 Å². The molecule has 0 aliphatic carbocycles. The lowest BCUT2D eigenvalue weighted by Crippen LogP contribution is -2.39. The number of para-hydroxylation sites is 1. The second-order valence-corrected chi connectivity index (χ2v) is 4.79. The van der Waals surface area contributed by atoms with Crippen molar-refractivity contribution in [1.29, 1.82) is 0 Å². The molecule has 2 atom stereocenters. The van der Waals surface area contributed by atoms with E-state index < -0.39 is 0 Å². The third-order valence-electron chi connectivity index (χ3n) is 3.76. The Bertz CT molecular complexity index is 378. The standard InChI is InChI=1S/C14H22N2O/c1-10-4-3-5-13(14(10)17-2)12-6-7-16-9-11(12)8-15/h3-5,11-12,16H,6-9,15H2,1-2H3. The largest absolute Gasteiger partial charge is 0.496 e. The zero-order valence-corrected chi connectivity index (χ0v) is 10.7. The zero-order chi connectivity index (χ0) is 12.3. The van der Waals surface area contributed by atoms with Gasteiger partial charge in [0.15, 0.2) is 0 Å². The van der Waals surface area contributed by atoms with Gasteiger partial charge in [-0.3, -0.25) is 0 Å². The Labute approximate surface area is 103 Å². The summed E-state index contributed by atoms with van der Waals surface area (Å²) in [6.07, 6.45) is 1.14. The van der Waals surface area contributed by atoms with Crippen LogP contribution in [0.15, 0.2) is 18.2 Å². The van der Waals surface area contributed by atoms with E-state index in [2.05, 4.69) is 30.4 Å². The number of hydrogen-bond acceptors (Lipinski definition) is 3. The fourth-order valence-corrected chi connectivity index (χ4v) is 2.83. The van der Waals surface area contributed by atoms with E-state index in [-0.39, 0.29) is 0 Å². The van der Waals surface area contributed by atoms with Crippen molar-refractivity contribution in [2.24, 2.45) is 11.7 Å².